The second-order valence-corrected chi connectivity index (χ2v) is 2.78. The van der Waals surface area contributed by atoms with Gasteiger partial charge in [-0.3, -0.25) is 0 Å². The lowest BCUT2D eigenvalue weighted by Gasteiger charge is -2.08. The molecule has 0 spiro atoms. The molecular formula is C8H17NO3. The molecule has 0 aromatic heterocycles. The molecule has 4 heteroatoms. The monoisotopic (exact) mass is 175 g/mol. The fourth-order valence-electron chi connectivity index (χ4n) is 0.892. The van der Waals surface area contributed by atoms with Crippen molar-refractivity contribution in [2.24, 2.45) is 5.73 Å². The maximum atomic E-state index is 10.1. The summed E-state index contributed by atoms with van der Waals surface area (Å²) in [7, 11) is 0. The molecule has 0 aromatic rings. The molecule has 1 amide bonds. The van der Waals surface area contributed by atoms with Crippen LogP contribution in [0.15, 0.2) is 0 Å². The Morgan fingerprint density at radius 1 is 1.58 bits per heavy atom. The third-order valence-corrected chi connectivity index (χ3v) is 1.56. The fraction of sp³-hybridized carbons (Fsp3) is 0.875. The van der Waals surface area contributed by atoms with E-state index in [1.165, 1.54) is 0 Å². The van der Waals surface area contributed by atoms with Gasteiger partial charge in [0.1, 0.15) is 6.61 Å². The topological polar surface area (TPSA) is 72.6 Å². The van der Waals surface area contributed by atoms with Crippen molar-refractivity contribution in [1.29, 1.82) is 0 Å². The van der Waals surface area contributed by atoms with E-state index in [9.17, 15) is 9.90 Å². The van der Waals surface area contributed by atoms with E-state index < -0.39 is 12.2 Å². The number of ether oxygens (including phenoxy) is 1. The summed E-state index contributed by atoms with van der Waals surface area (Å²) >= 11 is 0. The second-order valence-electron chi connectivity index (χ2n) is 2.78. The number of rotatable bonds is 6. The minimum absolute atomic E-state index is 0.0129. The summed E-state index contributed by atoms with van der Waals surface area (Å²) in [6, 6.07) is 0. The van der Waals surface area contributed by atoms with Crippen LogP contribution < -0.4 is 5.73 Å². The second kappa shape index (κ2) is 6.91. The molecule has 0 heterocycles. The number of hydrogen-bond acceptors (Lipinski definition) is 3. The van der Waals surface area contributed by atoms with Crippen LogP contribution in [0.2, 0.25) is 0 Å². The highest BCUT2D eigenvalue weighted by atomic mass is 16.6. The molecule has 12 heavy (non-hydrogen) atoms. The number of hydrogen-bond donors (Lipinski definition) is 2. The molecule has 0 rings (SSSR count). The first-order valence-electron chi connectivity index (χ1n) is 4.27. The Bertz CT molecular complexity index is 127. The Morgan fingerprint density at radius 2 is 2.25 bits per heavy atom. The number of aliphatic hydroxyl groups is 1. The molecule has 3 N–H and O–H groups in total. The van der Waals surface area contributed by atoms with Gasteiger partial charge in [0, 0.05) is 0 Å². The van der Waals surface area contributed by atoms with Crippen LogP contribution >= 0.6 is 0 Å². The summed E-state index contributed by atoms with van der Waals surface area (Å²) < 4.78 is 4.42. The molecule has 1 atom stereocenters. The molecule has 0 aliphatic carbocycles. The molecule has 0 fully saturated rings. The lowest BCUT2D eigenvalue weighted by molar-refractivity contribution is 0.0665. The number of unbranched alkanes of at least 4 members (excludes halogenated alkanes) is 2. The van der Waals surface area contributed by atoms with Gasteiger partial charge in [0.05, 0.1) is 6.10 Å². The van der Waals surface area contributed by atoms with E-state index in [0.717, 1.165) is 19.3 Å². The molecule has 0 saturated heterocycles. The van der Waals surface area contributed by atoms with Crippen LogP contribution in [0.4, 0.5) is 4.79 Å². The normalized spacial score (nSPS) is 12.5. The third-order valence-electron chi connectivity index (χ3n) is 1.56. The Hall–Kier alpha value is -0.770. The summed E-state index contributed by atoms with van der Waals surface area (Å²) in [6.07, 6.45) is 2.44. The number of carbonyl (C=O) groups excluding carboxylic acids is 1. The van der Waals surface area contributed by atoms with Crippen molar-refractivity contribution in [3.63, 3.8) is 0 Å². The van der Waals surface area contributed by atoms with E-state index >= 15 is 0 Å². The standard InChI is InChI=1S/C8H17NO3/c1-2-3-4-5-7(10)6-12-8(9)11/h7,10H,2-6H2,1H3,(H2,9,11). The molecule has 1 unspecified atom stereocenters. The number of aliphatic hydroxyl groups excluding tert-OH is 1. The van der Waals surface area contributed by atoms with Gasteiger partial charge in [0.2, 0.25) is 0 Å². The van der Waals surface area contributed by atoms with Gasteiger partial charge in [-0.2, -0.15) is 0 Å². The van der Waals surface area contributed by atoms with Gasteiger partial charge in [-0.25, -0.2) is 4.79 Å². The van der Waals surface area contributed by atoms with Crippen LogP contribution in [0, 0.1) is 0 Å². The predicted octanol–water partition coefficient (Wildman–Crippen LogP) is 1.02. The Kier molecular flexibility index (Phi) is 6.47. The van der Waals surface area contributed by atoms with Crippen molar-refractivity contribution >= 4 is 6.09 Å². The zero-order valence-corrected chi connectivity index (χ0v) is 7.45. The largest absolute Gasteiger partial charge is 0.447 e. The summed E-state index contributed by atoms with van der Waals surface area (Å²) in [5, 5.41) is 9.19. The van der Waals surface area contributed by atoms with Gasteiger partial charge in [0.15, 0.2) is 0 Å². The van der Waals surface area contributed by atoms with Gasteiger partial charge in [-0.15, -0.1) is 0 Å². The molecule has 0 saturated carbocycles. The first-order valence-corrected chi connectivity index (χ1v) is 4.27. The average Bonchev–Trinajstić information content (AvgIpc) is 2.01. The maximum Gasteiger partial charge on any atom is 0.404 e. The van der Waals surface area contributed by atoms with E-state index in [2.05, 4.69) is 11.7 Å². The molecule has 0 aromatic carbocycles. The first-order chi connectivity index (χ1) is 5.66. The van der Waals surface area contributed by atoms with Crippen LogP contribution in [0.5, 0.6) is 0 Å². The van der Waals surface area contributed by atoms with Crippen LogP contribution in [0.3, 0.4) is 0 Å². The summed E-state index contributed by atoms with van der Waals surface area (Å²) in [5.74, 6) is 0. The smallest absolute Gasteiger partial charge is 0.404 e. The Morgan fingerprint density at radius 3 is 2.75 bits per heavy atom. The first kappa shape index (κ1) is 11.2. The van der Waals surface area contributed by atoms with Gasteiger partial charge < -0.3 is 15.6 Å². The van der Waals surface area contributed by atoms with Crippen LogP contribution in [-0.2, 0) is 4.74 Å². The van der Waals surface area contributed by atoms with E-state index in [1.54, 1.807) is 0 Å². The highest BCUT2D eigenvalue weighted by Crippen LogP contribution is 2.03. The van der Waals surface area contributed by atoms with Crippen molar-refractivity contribution in [3.8, 4) is 0 Å². The predicted molar refractivity (Wildman–Crippen MR) is 45.7 cm³/mol. The summed E-state index contributed by atoms with van der Waals surface area (Å²) in [4.78, 5) is 10.1. The van der Waals surface area contributed by atoms with Gasteiger partial charge in [-0.1, -0.05) is 26.2 Å². The van der Waals surface area contributed by atoms with E-state index in [-0.39, 0.29) is 6.61 Å². The lowest BCUT2D eigenvalue weighted by Crippen LogP contribution is -2.21. The molecule has 0 radical (unpaired) electrons. The molecule has 72 valence electrons. The van der Waals surface area contributed by atoms with Gasteiger partial charge in [0.25, 0.3) is 0 Å². The average molecular weight is 175 g/mol. The Balaban J connectivity index is 3.21. The quantitative estimate of drug-likeness (QED) is 0.592. The van der Waals surface area contributed by atoms with Crippen molar-refractivity contribution in [2.75, 3.05) is 6.61 Å². The summed E-state index contributed by atoms with van der Waals surface area (Å²) in [5.41, 5.74) is 4.72. The van der Waals surface area contributed by atoms with E-state index in [0.29, 0.717) is 6.42 Å². The number of nitrogens with two attached hydrogens (primary N) is 1. The number of amides is 1. The van der Waals surface area contributed by atoms with E-state index in [1.807, 2.05) is 0 Å². The van der Waals surface area contributed by atoms with Crippen LogP contribution in [0.25, 0.3) is 0 Å². The van der Waals surface area contributed by atoms with Crippen molar-refractivity contribution in [2.45, 2.75) is 38.7 Å². The SMILES string of the molecule is CCCCCC(O)COC(N)=O. The van der Waals surface area contributed by atoms with Crippen LogP contribution in [-0.4, -0.2) is 23.9 Å². The Labute approximate surface area is 72.7 Å². The van der Waals surface area contributed by atoms with Crippen LogP contribution in [0.1, 0.15) is 32.6 Å². The molecular weight excluding hydrogens is 158 g/mol. The number of carbonyl (C=O) groups is 1. The lowest BCUT2D eigenvalue weighted by atomic mass is 10.1. The molecule has 4 nitrogen and oxygen atoms in total. The third kappa shape index (κ3) is 7.34. The zero-order valence-electron chi connectivity index (χ0n) is 7.45. The summed E-state index contributed by atoms with van der Waals surface area (Å²) in [6.45, 7) is 2.10. The molecule has 0 aliphatic rings. The highest BCUT2D eigenvalue weighted by Gasteiger charge is 2.05. The minimum Gasteiger partial charge on any atom is -0.447 e. The highest BCUT2D eigenvalue weighted by molar-refractivity contribution is 5.64. The van der Waals surface area contributed by atoms with Crippen molar-refractivity contribution in [3.05, 3.63) is 0 Å². The number of primary amides is 1. The van der Waals surface area contributed by atoms with Crippen molar-refractivity contribution < 1.29 is 14.6 Å². The minimum atomic E-state index is -0.829. The zero-order chi connectivity index (χ0) is 9.40. The molecule has 0 bridgehead atoms. The maximum absolute atomic E-state index is 10.1. The van der Waals surface area contributed by atoms with Gasteiger partial charge in [-0.05, 0) is 6.42 Å². The van der Waals surface area contributed by atoms with E-state index in [4.69, 9.17) is 5.73 Å². The van der Waals surface area contributed by atoms with Gasteiger partial charge >= 0.3 is 6.09 Å². The molecule has 0 aliphatic heterocycles. The fourth-order valence-corrected chi connectivity index (χ4v) is 0.892. The van der Waals surface area contributed by atoms with Crippen molar-refractivity contribution in [1.82, 2.24) is 0 Å².